The molecule has 22 heavy (non-hydrogen) atoms. The number of carbonyl (C=O) groups is 1. The maximum absolute atomic E-state index is 12.2. The normalized spacial score (nSPS) is 24.1. The van der Waals surface area contributed by atoms with Gasteiger partial charge in [0.2, 0.25) is 0 Å². The van der Waals surface area contributed by atoms with E-state index in [4.69, 9.17) is 9.15 Å². The number of rotatable bonds is 3. The van der Waals surface area contributed by atoms with Gasteiger partial charge in [0.15, 0.2) is 0 Å². The minimum Gasteiger partial charge on any atom is -0.472 e. The summed E-state index contributed by atoms with van der Waals surface area (Å²) in [6, 6.07) is 2.82. The lowest BCUT2D eigenvalue weighted by molar-refractivity contribution is 0.00905. The largest absolute Gasteiger partial charge is 0.472 e. The molecule has 1 N–H and O–H groups in total. The van der Waals surface area contributed by atoms with Gasteiger partial charge in [-0.3, -0.25) is 0 Å². The molecule has 1 fully saturated rings. The van der Waals surface area contributed by atoms with Crippen molar-refractivity contribution in [2.75, 3.05) is 6.54 Å². The second-order valence-corrected chi connectivity index (χ2v) is 7.19. The van der Waals surface area contributed by atoms with Crippen LogP contribution in [0.5, 0.6) is 0 Å². The highest BCUT2D eigenvalue weighted by molar-refractivity contribution is 5.68. The second-order valence-electron chi connectivity index (χ2n) is 7.19. The summed E-state index contributed by atoms with van der Waals surface area (Å²) in [5.74, 6) is 0. The monoisotopic (exact) mass is 308 g/mol. The number of hydrogen-bond acceptors (Lipinski definition) is 4. The molecule has 2 heterocycles. The minimum absolute atomic E-state index is 0.178. The van der Waals surface area contributed by atoms with Gasteiger partial charge in [0.1, 0.15) is 5.60 Å². The van der Waals surface area contributed by atoms with Crippen molar-refractivity contribution in [2.24, 2.45) is 0 Å². The van der Waals surface area contributed by atoms with Crippen LogP contribution in [0.25, 0.3) is 0 Å². The zero-order valence-corrected chi connectivity index (χ0v) is 14.3. The number of furan rings is 1. The van der Waals surface area contributed by atoms with E-state index >= 15 is 0 Å². The fourth-order valence-corrected chi connectivity index (χ4v) is 2.89. The number of hydrogen-bond donors (Lipinski definition) is 1. The van der Waals surface area contributed by atoms with Crippen LogP contribution in [0, 0.1) is 0 Å². The molecule has 3 unspecified atom stereocenters. The Morgan fingerprint density at radius 3 is 2.77 bits per heavy atom. The lowest BCUT2D eigenvalue weighted by atomic mass is 9.97. The number of piperidine rings is 1. The number of nitrogens with zero attached hydrogens (tertiary/aromatic N) is 1. The first-order chi connectivity index (χ1) is 10.3. The number of nitrogens with one attached hydrogen (secondary N) is 1. The number of likely N-dealkylation sites (tertiary alicyclic amines) is 1. The average molecular weight is 308 g/mol. The van der Waals surface area contributed by atoms with Crippen LogP contribution in [0.3, 0.4) is 0 Å². The van der Waals surface area contributed by atoms with Gasteiger partial charge in [-0.1, -0.05) is 0 Å². The molecule has 1 amide bonds. The quantitative estimate of drug-likeness (QED) is 0.924. The molecule has 1 aliphatic rings. The fourth-order valence-electron chi connectivity index (χ4n) is 2.89. The Kier molecular flexibility index (Phi) is 5.16. The second kappa shape index (κ2) is 6.73. The molecule has 0 bridgehead atoms. The lowest BCUT2D eigenvalue weighted by Crippen LogP contribution is -2.51. The van der Waals surface area contributed by atoms with E-state index in [2.05, 4.69) is 19.2 Å². The number of carbonyl (C=O) groups excluding carboxylic acids is 1. The van der Waals surface area contributed by atoms with Gasteiger partial charge in [-0.2, -0.15) is 0 Å². The van der Waals surface area contributed by atoms with Crippen molar-refractivity contribution in [2.45, 2.75) is 71.2 Å². The van der Waals surface area contributed by atoms with Gasteiger partial charge < -0.3 is 19.4 Å². The van der Waals surface area contributed by atoms with E-state index in [-0.39, 0.29) is 18.2 Å². The third kappa shape index (κ3) is 4.50. The molecule has 5 nitrogen and oxygen atoms in total. The minimum atomic E-state index is -0.443. The van der Waals surface area contributed by atoms with Crippen LogP contribution in [-0.2, 0) is 4.74 Å². The van der Waals surface area contributed by atoms with E-state index in [1.807, 2.05) is 31.7 Å². The van der Waals surface area contributed by atoms with Gasteiger partial charge in [-0.25, -0.2) is 4.79 Å². The van der Waals surface area contributed by atoms with Crippen LogP contribution in [0.2, 0.25) is 0 Å². The van der Waals surface area contributed by atoms with Crippen LogP contribution < -0.4 is 5.32 Å². The van der Waals surface area contributed by atoms with Crippen molar-refractivity contribution in [1.82, 2.24) is 10.2 Å². The maximum Gasteiger partial charge on any atom is 0.410 e. The van der Waals surface area contributed by atoms with Gasteiger partial charge in [0.25, 0.3) is 0 Å². The average Bonchev–Trinajstić information content (AvgIpc) is 2.90. The zero-order chi connectivity index (χ0) is 16.3. The molecule has 0 saturated carbocycles. The van der Waals surface area contributed by atoms with E-state index in [1.54, 1.807) is 12.5 Å². The van der Waals surface area contributed by atoms with E-state index in [1.165, 1.54) is 0 Å². The van der Waals surface area contributed by atoms with Crippen LogP contribution in [0.15, 0.2) is 23.0 Å². The van der Waals surface area contributed by atoms with Crippen molar-refractivity contribution in [3.8, 4) is 0 Å². The summed E-state index contributed by atoms with van der Waals surface area (Å²) < 4.78 is 10.6. The Bertz CT molecular complexity index is 479. The van der Waals surface area contributed by atoms with Crippen molar-refractivity contribution in [3.05, 3.63) is 24.2 Å². The summed E-state index contributed by atoms with van der Waals surface area (Å²) in [6.07, 6.45) is 5.13. The molecule has 0 spiro atoms. The summed E-state index contributed by atoms with van der Waals surface area (Å²) in [5.41, 5.74) is 0.712. The van der Waals surface area contributed by atoms with Gasteiger partial charge in [0, 0.05) is 30.2 Å². The van der Waals surface area contributed by atoms with E-state index in [0.29, 0.717) is 6.04 Å². The SMILES string of the molecule is CC(NC1CCN(C(=O)OC(C)(C)C)C(C)C1)c1ccoc1. The van der Waals surface area contributed by atoms with Crippen molar-refractivity contribution in [3.63, 3.8) is 0 Å². The Labute approximate surface area is 133 Å². The number of ether oxygens (including phenoxy) is 1. The van der Waals surface area contributed by atoms with Gasteiger partial charge in [-0.15, -0.1) is 0 Å². The van der Waals surface area contributed by atoms with Crippen LogP contribution >= 0.6 is 0 Å². The predicted octanol–water partition coefficient (Wildman–Crippen LogP) is 3.72. The molecular weight excluding hydrogens is 280 g/mol. The standard InChI is InChI=1S/C17H28N2O3/c1-12-10-15(18-13(2)14-7-9-21-11-14)6-8-19(12)16(20)22-17(3,4)5/h7,9,11-13,15,18H,6,8,10H2,1-5H3. The third-order valence-electron chi connectivity index (χ3n) is 4.03. The van der Waals surface area contributed by atoms with E-state index < -0.39 is 5.60 Å². The smallest absolute Gasteiger partial charge is 0.410 e. The van der Waals surface area contributed by atoms with E-state index in [0.717, 1.165) is 24.9 Å². The van der Waals surface area contributed by atoms with Gasteiger partial charge >= 0.3 is 6.09 Å². The molecule has 0 aromatic carbocycles. The van der Waals surface area contributed by atoms with Crippen molar-refractivity contribution >= 4 is 6.09 Å². The van der Waals surface area contributed by atoms with E-state index in [9.17, 15) is 4.79 Å². The highest BCUT2D eigenvalue weighted by Crippen LogP contribution is 2.23. The molecule has 0 aliphatic carbocycles. The highest BCUT2D eigenvalue weighted by Gasteiger charge is 2.32. The van der Waals surface area contributed by atoms with Gasteiger partial charge in [-0.05, 0) is 53.5 Å². The first-order valence-electron chi connectivity index (χ1n) is 8.04. The summed E-state index contributed by atoms with van der Waals surface area (Å²) >= 11 is 0. The van der Waals surface area contributed by atoms with Crippen molar-refractivity contribution in [1.29, 1.82) is 0 Å². The molecule has 124 valence electrons. The summed E-state index contributed by atoms with van der Waals surface area (Å²) in [4.78, 5) is 14.0. The summed E-state index contributed by atoms with van der Waals surface area (Å²) in [5, 5.41) is 3.62. The molecule has 1 aromatic rings. The van der Waals surface area contributed by atoms with Crippen molar-refractivity contribution < 1.29 is 13.9 Å². The first-order valence-corrected chi connectivity index (χ1v) is 8.04. The Hall–Kier alpha value is -1.49. The maximum atomic E-state index is 12.2. The first kappa shape index (κ1) is 16.9. The van der Waals surface area contributed by atoms with Crippen LogP contribution in [0.4, 0.5) is 4.79 Å². The molecule has 1 aromatic heterocycles. The highest BCUT2D eigenvalue weighted by atomic mass is 16.6. The van der Waals surface area contributed by atoms with Gasteiger partial charge in [0.05, 0.1) is 12.5 Å². The molecule has 5 heteroatoms. The predicted molar refractivity (Wildman–Crippen MR) is 85.7 cm³/mol. The molecule has 1 saturated heterocycles. The molecule has 1 aliphatic heterocycles. The molecule has 3 atom stereocenters. The Morgan fingerprint density at radius 1 is 1.50 bits per heavy atom. The summed E-state index contributed by atoms with van der Waals surface area (Å²) in [6.45, 7) is 10.6. The molecule has 2 rings (SSSR count). The molecule has 0 radical (unpaired) electrons. The van der Waals surface area contributed by atoms with Crippen LogP contribution in [0.1, 0.15) is 59.1 Å². The van der Waals surface area contributed by atoms with Crippen LogP contribution in [-0.4, -0.2) is 35.2 Å². The molecular formula is C17H28N2O3. The third-order valence-corrected chi connectivity index (χ3v) is 4.03. The lowest BCUT2D eigenvalue weighted by Gasteiger charge is -2.39. The topological polar surface area (TPSA) is 54.7 Å². The Morgan fingerprint density at radius 2 is 2.23 bits per heavy atom. The zero-order valence-electron chi connectivity index (χ0n) is 14.3. The summed E-state index contributed by atoms with van der Waals surface area (Å²) in [7, 11) is 0. The fraction of sp³-hybridized carbons (Fsp3) is 0.706. The Balaban J connectivity index is 1.86. The number of amides is 1.